The molecule has 1 aromatic heterocycles. The molecule has 0 aliphatic heterocycles. The fourth-order valence-corrected chi connectivity index (χ4v) is 3.15. The second kappa shape index (κ2) is 5.99. The lowest BCUT2D eigenvalue weighted by Gasteiger charge is -2.29. The van der Waals surface area contributed by atoms with Crippen LogP contribution in [0.4, 0.5) is 13.2 Å². The summed E-state index contributed by atoms with van der Waals surface area (Å²) in [4.78, 5) is 12.3. The van der Waals surface area contributed by atoms with Crippen LogP contribution in [0.15, 0.2) is 0 Å². The zero-order chi connectivity index (χ0) is 15.8. The molecule has 3 nitrogen and oxygen atoms in total. The highest BCUT2D eigenvalue weighted by molar-refractivity contribution is 6.32. The van der Waals surface area contributed by atoms with Gasteiger partial charge < -0.3 is 0 Å². The third kappa shape index (κ3) is 3.59. The molecule has 118 valence electrons. The second-order valence-corrected chi connectivity index (χ2v) is 6.08. The van der Waals surface area contributed by atoms with Gasteiger partial charge in [-0.2, -0.15) is 18.3 Å². The number of rotatable bonds is 3. The van der Waals surface area contributed by atoms with E-state index in [9.17, 15) is 18.0 Å². The van der Waals surface area contributed by atoms with Gasteiger partial charge in [0.15, 0.2) is 0 Å². The fraction of sp³-hybridized carbons (Fsp3) is 0.714. The predicted octanol–water partition coefficient (Wildman–Crippen LogP) is 3.86. The number of hydrogen-bond donors (Lipinski definition) is 0. The first-order valence-corrected chi connectivity index (χ1v) is 7.35. The van der Waals surface area contributed by atoms with E-state index < -0.39 is 12.1 Å². The van der Waals surface area contributed by atoms with Crippen LogP contribution in [0.5, 0.6) is 0 Å². The molecule has 1 aliphatic carbocycles. The Morgan fingerprint density at radius 1 is 1.33 bits per heavy atom. The van der Waals surface area contributed by atoms with Gasteiger partial charge in [-0.05, 0) is 32.6 Å². The molecule has 1 heterocycles. The Bertz CT molecular complexity index is 531. The Kier molecular flexibility index (Phi) is 4.66. The summed E-state index contributed by atoms with van der Waals surface area (Å²) in [5, 5.41) is 4.60. The number of hydrogen-bond acceptors (Lipinski definition) is 2. The molecule has 0 amide bonds. The van der Waals surface area contributed by atoms with Crippen LogP contribution in [-0.4, -0.2) is 21.7 Å². The number of carbonyl (C=O) groups excluding carboxylic acids is 1. The van der Waals surface area contributed by atoms with E-state index in [0.29, 0.717) is 29.3 Å². The molecule has 0 saturated heterocycles. The van der Waals surface area contributed by atoms with Crippen LogP contribution in [-0.2, 0) is 18.3 Å². The van der Waals surface area contributed by atoms with Crippen LogP contribution in [0.3, 0.4) is 0 Å². The molecule has 0 N–H and O–H groups in total. The SMILES string of the molecule is Cc1nn(C)c(CC(=O)C2CCC(C(F)(F)F)CC2)c1Cl. The molecule has 0 atom stereocenters. The summed E-state index contributed by atoms with van der Waals surface area (Å²) in [6, 6.07) is 0. The van der Waals surface area contributed by atoms with E-state index in [2.05, 4.69) is 5.10 Å². The highest BCUT2D eigenvalue weighted by Crippen LogP contribution is 2.40. The molecule has 7 heteroatoms. The number of nitrogens with zero attached hydrogens (tertiary/aromatic N) is 2. The molecule has 0 radical (unpaired) electrons. The minimum atomic E-state index is -4.14. The van der Waals surface area contributed by atoms with Crippen molar-refractivity contribution >= 4 is 17.4 Å². The molecule has 0 bridgehead atoms. The first kappa shape index (κ1) is 16.3. The van der Waals surface area contributed by atoms with E-state index in [0.717, 1.165) is 0 Å². The van der Waals surface area contributed by atoms with Gasteiger partial charge in [-0.25, -0.2) is 0 Å². The van der Waals surface area contributed by atoms with Gasteiger partial charge in [0.25, 0.3) is 0 Å². The molecule has 1 saturated carbocycles. The zero-order valence-electron chi connectivity index (χ0n) is 12.0. The van der Waals surface area contributed by atoms with E-state index in [4.69, 9.17) is 11.6 Å². The quantitative estimate of drug-likeness (QED) is 0.847. The second-order valence-electron chi connectivity index (χ2n) is 5.70. The van der Waals surface area contributed by atoms with Gasteiger partial charge in [0.1, 0.15) is 5.78 Å². The van der Waals surface area contributed by atoms with Crippen molar-refractivity contribution in [2.24, 2.45) is 18.9 Å². The van der Waals surface area contributed by atoms with Crippen molar-refractivity contribution in [1.29, 1.82) is 0 Å². The monoisotopic (exact) mass is 322 g/mol. The first-order chi connectivity index (χ1) is 9.70. The number of Topliss-reactive ketones (excluding diaryl/α,β-unsaturated/α-hetero) is 1. The minimum absolute atomic E-state index is 0.0397. The number of aryl methyl sites for hydroxylation is 2. The summed E-state index contributed by atoms with van der Waals surface area (Å²) in [6.45, 7) is 1.75. The molecule has 21 heavy (non-hydrogen) atoms. The van der Waals surface area contributed by atoms with Crippen molar-refractivity contribution in [3.63, 3.8) is 0 Å². The average molecular weight is 323 g/mol. The van der Waals surface area contributed by atoms with Crippen molar-refractivity contribution in [2.45, 2.75) is 45.2 Å². The number of ketones is 1. The topological polar surface area (TPSA) is 34.9 Å². The highest BCUT2D eigenvalue weighted by atomic mass is 35.5. The summed E-state index contributed by atoms with van der Waals surface area (Å²) in [7, 11) is 1.71. The molecule has 1 aromatic rings. The molecule has 1 fully saturated rings. The summed E-state index contributed by atoms with van der Waals surface area (Å²) >= 11 is 6.10. The predicted molar refractivity (Wildman–Crippen MR) is 73.2 cm³/mol. The van der Waals surface area contributed by atoms with Crippen LogP contribution in [0, 0.1) is 18.8 Å². The summed E-state index contributed by atoms with van der Waals surface area (Å²) < 4.78 is 39.4. The van der Waals surface area contributed by atoms with Gasteiger partial charge in [0, 0.05) is 13.0 Å². The summed E-state index contributed by atoms with van der Waals surface area (Å²) in [5.74, 6) is -1.60. The van der Waals surface area contributed by atoms with Gasteiger partial charge in [-0.1, -0.05) is 11.6 Å². The highest BCUT2D eigenvalue weighted by Gasteiger charge is 2.42. The Morgan fingerprint density at radius 2 is 1.90 bits per heavy atom. The lowest BCUT2D eigenvalue weighted by molar-refractivity contribution is -0.184. The Hall–Kier alpha value is -1.04. The number of alkyl halides is 3. The van der Waals surface area contributed by atoms with Crippen molar-refractivity contribution < 1.29 is 18.0 Å². The van der Waals surface area contributed by atoms with Crippen LogP contribution < -0.4 is 0 Å². The van der Waals surface area contributed by atoms with Crippen molar-refractivity contribution in [3.05, 3.63) is 16.4 Å². The third-order valence-electron chi connectivity index (χ3n) is 4.25. The maximum Gasteiger partial charge on any atom is 0.391 e. The largest absolute Gasteiger partial charge is 0.391 e. The average Bonchev–Trinajstić information content (AvgIpc) is 2.64. The van der Waals surface area contributed by atoms with Gasteiger partial charge >= 0.3 is 6.18 Å². The van der Waals surface area contributed by atoms with E-state index in [1.54, 1.807) is 18.7 Å². The van der Waals surface area contributed by atoms with Gasteiger partial charge in [-0.15, -0.1) is 0 Å². The van der Waals surface area contributed by atoms with Crippen LogP contribution in [0.1, 0.15) is 37.1 Å². The molecular formula is C14H18ClF3N2O. The Balaban J connectivity index is 1.97. The van der Waals surface area contributed by atoms with Crippen molar-refractivity contribution in [1.82, 2.24) is 9.78 Å². The minimum Gasteiger partial charge on any atom is -0.299 e. The normalized spacial score (nSPS) is 23.3. The van der Waals surface area contributed by atoms with Gasteiger partial charge in [-0.3, -0.25) is 9.48 Å². The maximum absolute atomic E-state index is 12.6. The van der Waals surface area contributed by atoms with E-state index >= 15 is 0 Å². The van der Waals surface area contributed by atoms with Crippen LogP contribution in [0.25, 0.3) is 0 Å². The standard InChI is InChI=1S/C14H18ClF3N2O/c1-8-13(15)11(20(2)19-8)7-12(21)9-3-5-10(6-4-9)14(16,17)18/h9-10H,3-7H2,1-2H3. The van der Waals surface area contributed by atoms with E-state index in [1.165, 1.54) is 0 Å². The molecule has 2 rings (SSSR count). The van der Waals surface area contributed by atoms with Gasteiger partial charge in [0.05, 0.1) is 28.7 Å². The molecule has 0 unspecified atom stereocenters. The van der Waals surface area contributed by atoms with Gasteiger partial charge in [0.2, 0.25) is 0 Å². The summed E-state index contributed by atoms with van der Waals surface area (Å²) in [6.07, 6.45) is -3.32. The lowest BCUT2D eigenvalue weighted by Crippen LogP contribution is -2.31. The van der Waals surface area contributed by atoms with Crippen molar-refractivity contribution in [3.8, 4) is 0 Å². The molecule has 0 spiro atoms. The van der Waals surface area contributed by atoms with Crippen molar-refractivity contribution in [2.75, 3.05) is 0 Å². The fourth-order valence-electron chi connectivity index (χ4n) is 2.92. The maximum atomic E-state index is 12.6. The van der Waals surface area contributed by atoms with E-state index in [1.807, 2.05) is 0 Å². The number of carbonyl (C=O) groups is 1. The van der Waals surface area contributed by atoms with Crippen LogP contribution in [0.2, 0.25) is 5.02 Å². The zero-order valence-corrected chi connectivity index (χ0v) is 12.8. The number of halogens is 4. The molecular weight excluding hydrogens is 305 g/mol. The first-order valence-electron chi connectivity index (χ1n) is 6.97. The lowest BCUT2D eigenvalue weighted by atomic mass is 9.79. The Labute approximate surface area is 126 Å². The van der Waals surface area contributed by atoms with Crippen LogP contribution >= 0.6 is 11.6 Å². The smallest absolute Gasteiger partial charge is 0.299 e. The third-order valence-corrected chi connectivity index (χ3v) is 4.74. The summed E-state index contributed by atoms with van der Waals surface area (Å²) in [5.41, 5.74) is 1.29. The van der Waals surface area contributed by atoms with E-state index in [-0.39, 0.29) is 31.0 Å². The number of aromatic nitrogens is 2. The molecule has 0 aromatic carbocycles. The molecule has 1 aliphatic rings. The Morgan fingerprint density at radius 3 is 2.33 bits per heavy atom.